The number of aromatic nitrogens is 1. The highest BCUT2D eigenvalue weighted by Gasteiger charge is 2.50. The van der Waals surface area contributed by atoms with Crippen molar-refractivity contribution in [1.82, 2.24) is 4.98 Å². The predicted octanol–water partition coefficient (Wildman–Crippen LogP) is 3.63. The minimum absolute atomic E-state index is 0.120. The Hall–Kier alpha value is -3.37. The standard InChI is InChI=1S/C18H15F3N2O6/c1-27-16-14(18(19,20)21)8-11(9-22-16)17(6-7-17)29-15(24)10-28-13-4-2-12(3-5-13)23(25)26/h2-5,8-9H,6-7,10H2,1H3. The minimum atomic E-state index is -4.67. The van der Waals surface area contributed by atoms with E-state index in [1.165, 1.54) is 30.5 Å². The number of nitro groups is 1. The molecule has 29 heavy (non-hydrogen) atoms. The Bertz CT molecular complexity index is 926. The molecule has 0 saturated heterocycles. The van der Waals surface area contributed by atoms with Crippen LogP contribution in [0, 0.1) is 10.1 Å². The molecule has 0 unspecified atom stereocenters. The van der Waals surface area contributed by atoms with Gasteiger partial charge in [0.15, 0.2) is 6.61 Å². The van der Waals surface area contributed by atoms with Gasteiger partial charge in [0.2, 0.25) is 5.88 Å². The van der Waals surface area contributed by atoms with Crippen molar-refractivity contribution in [2.45, 2.75) is 24.6 Å². The van der Waals surface area contributed by atoms with Gasteiger partial charge in [0.1, 0.15) is 16.9 Å². The lowest BCUT2D eigenvalue weighted by Gasteiger charge is -2.19. The number of alkyl halides is 3. The summed E-state index contributed by atoms with van der Waals surface area (Å²) >= 11 is 0. The van der Waals surface area contributed by atoms with E-state index in [1.54, 1.807) is 0 Å². The number of carbonyl (C=O) groups excluding carboxylic acids is 1. The lowest BCUT2D eigenvalue weighted by molar-refractivity contribution is -0.384. The molecule has 0 aliphatic heterocycles. The van der Waals surface area contributed by atoms with Gasteiger partial charge in [-0.15, -0.1) is 0 Å². The first kappa shape index (κ1) is 20.4. The number of halogens is 3. The summed E-state index contributed by atoms with van der Waals surface area (Å²) in [6, 6.07) is 5.93. The molecule has 2 aromatic rings. The van der Waals surface area contributed by atoms with Crippen molar-refractivity contribution in [3.05, 3.63) is 57.8 Å². The molecule has 0 bridgehead atoms. The number of esters is 1. The van der Waals surface area contributed by atoms with Crippen molar-refractivity contribution in [3.8, 4) is 11.6 Å². The van der Waals surface area contributed by atoms with Crippen LogP contribution in [0.3, 0.4) is 0 Å². The predicted molar refractivity (Wildman–Crippen MR) is 91.4 cm³/mol. The van der Waals surface area contributed by atoms with E-state index in [-0.39, 0.29) is 17.0 Å². The third kappa shape index (κ3) is 4.55. The van der Waals surface area contributed by atoms with Gasteiger partial charge < -0.3 is 14.2 Å². The minimum Gasteiger partial charge on any atom is -0.482 e. The van der Waals surface area contributed by atoms with Gasteiger partial charge in [-0.05, 0) is 31.0 Å². The summed E-state index contributed by atoms with van der Waals surface area (Å²) in [4.78, 5) is 25.8. The van der Waals surface area contributed by atoms with Gasteiger partial charge in [0, 0.05) is 23.9 Å². The fraction of sp³-hybridized carbons (Fsp3) is 0.333. The van der Waals surface area contributed by atoms with Crippen LogP contribution in [-0.4, -0.2) is 29.6 Å². The number of pyridine rings is 1. The first-order valence-electron chi connectivity index (χ1n) is 8.35. The molecule has 1 fully saturated rings. The maximum atomic E-state index is 13.2. The Labute approximate surface area is 162 Å². The normalized spacial score (nSPS) is 14.8. The molecule has 3 rings (SSSR count). The first-order chi connectivity index (χ1) is 13.6. The number of hydrogen-bond acceptors (Lipinski definition) is 7. The van der Waals surface area contributed by atoms with Crippen LogP contribution in [0.25, 0.3) is 0 Å². The van der Waals surface area contributed by atoms with E-state index in [0.717, 1.165) is 13.2 Å². The zero-order valence-corrected chi connectivity index (χ0v) is 15.1. The van der Waals surface area contributed by atoms with Crippen LogP contribution < -0.4 is 9.47 Å². The molecule has 1 aliphatic rings. The number of carbonyl (C=O) groups is 1. The maximum Gasteiger partial charge on any atom is 0.421 e. The number of nitrogens with zero attached hydrogens (tertiary/aromatic N) is 2. The third-order valence-corrected chi connectivity index (χ3v) is 4.29. The third-order valence-electron chi connectivity index (χ3n) is 4.29. The highest BCUT2D eigenvalue weighted by atomic mass is 19.4. The smallest absolute Gasteiger partial charge is 0.421 e. The van der Waals surface area contributed by atoms with Crippen molar-refractivity contribution < 1.29 is 37.1 Å². The molecule has 0 amide bonds. The van der Waals surface area contributed by atoms with E-state index in [0.29, 0.717) is 12.8 Å². The zero-order chi connectivity index (χ0) is 21.2. The molecule has 0 N–H and O–H groups in total. The molecule has 8 nitrogen and oxygen atoms in total. The Morgan fingerprint density at radius 1 is 1.28 bits per heavy atom. The lowest BCUT2D eigenvalue weighted by atomic mass is 10.1. The molecule has 0 spiro atoms. The number of rotatable bonds is 7. The Morgan fingerprint density at radius 3 is 2.45 bits per heavy atom. The Morgan fingerprint density at radius 2 is 1.93 bits per heavy atom. The second-order valence-electron chi connectivity index (χ2n) is 6.29. The van der Waals surface area contributed by atoms with Crippen LogP contribution in [-0.2, 0) is 21.3 Å². The second kappa shape index (κ2) is 7.57. The zero-order valence-electron chi connectivity index (χ0n) is 15.1. The highest BCUT2D eigenvalue weighted by molar-refractivity contribution is 5.72. The first-order valence-corrected chi connectivity index (χ1v) is 8.35. The van der Waals surface area contributed by atoms with Gasteiger partial charge in [-0.3, -0.25) is 10.1 Å². The number of nitro benzene ring substituents is 1. The largest absolute Gasteiger partial charge is 0.482 e. The molecule has 0 radical (unpaired) electrons. The van der Waals surface area contributed by atoms with Gasteiger partial charge in [-0.25, -0.2) is 9.78 Å². The number of non-ortho nitro benzene ring substituents is 1. The van der Waals surface area contributed by atoms with E-state index in [2.05, 4.69) is 9.72 Å². The molecular weight excluding hydrogens is 397 g/mol. The van der Waals surface area contributed by atoms with E-state index >= 15 is 0 Å². The van der Waals surface area contributed by atoms with Gasteiger partial charge in [0.25, 0.3) is 5.69 Å². The number of methoxy groups -OCH3 is 1. The summed E-state index contributed by atoms with van der Waals surface area (Å²) in [6.45, 7) is -0.505. The summed E-state index contributed by atoms with van der Waals surface area (Å²) < 4.78 is 54.8. The van der Waals surface area contributed by atoms with Crippen molar-refractivity contribution in [3.63, 3.8) is 0 Å². The summed E-state index contributed by atoms with van der Waals surface area (Å²) in [5, 5.41) is 10.6. The number of ether oxygens (including phenoxy) is 3. The summed E-state index contributed by atoms with van der Waals surface area (Å²) in [6.07, 6.45) is -2.79. The Kier molecular flexibility index (Phi) is 5.31. The average molecular weight is 412 g/mol. The molecule has 154 valence electrons. The fourth-order valence-corrected chi connectivity index (χ4v) is 2.68. The Balaban J connectivity index is 1.67. The number of benzene rings is 1. The second-order valence-corrected chi connectivity index (χ2v) is 6.29. The van der Waals surface area contributed by atoms with Crippen LogP contribution in [0.2, 0.25) is 0 Å². The maximum absolute atomic E-state index is 13.2. The molecule has 1 aliphatic carbocycles. The molecule has 1 aromatic heterocycles. The summed E-state index contributed by atoms with van der Waals surface area (Å²) in [7, 11) is 1.08. The van der Waals surface area contributed by atoms with Gasteiger partial charge >= 0.3 is 12.1 Å². The number of hydrogen-bond donors (Lipinski definition) is 0. The van der Waals surface area contributed by atoms with Crippen LogP contribution in [0.5, 0.6) is 11.6 Å². The van der Waals surface area contributed by atoms with Crippen molar-refractivity contribution in [2.24, 2.45) is 0 Å². The monoisotopic (exact) mass is 412 g/mol. The van der Waals surface area contributed by atoms with Crippen LogP contribution >= 0.6 is 0 Å². The lowest BCUT2D eigenvalue weighted by Crippen LogP contribution is -2.23. The molecule has 11 heteroatoms. The molecule has 1 heterocycles. The van der Waals surface area contributed by atoms with Gasteiger partial charge in [0.05, 0.1) is 12.0 Å². The summed E-state index contributed by atoms with van der Waals surface area (Å²) in [5.74, 6) is -1.14. The van der Waals surface area contributed by atoms with Crippen molar-refractivity contribution in [1.29, 1.82) is 0 Å². The molecular formula is C18H15F3N2O6. The van der Waals surface area contributed by atoms with Crippen LogP contribution in [0.1, 0.15) is 24.0 Å². The average Bonchev–Trinajstić information content (AvgIpc) is 3.46. The molecule has 1 saturated carbocycles. The van der Waals surface area contributed by atoms with Gasteiger partial charge in [-0.2, -0.15) is 13.2 Å². The van der Waals surface area contributed by atoms with E-state index in [1.807, 2.05) is 0 Å². The van der Waals surface area contributed by atoms with Crippen molar-refractivity contribution >= 4 is 11.7 Å². The van der Waals surface area contributed by atoms with E-state index in [4.69, 9.17) is 9.47 Å². The topological polar surface area (TPSA) is 101 Å². The van der Waals surface area contributed by atoms with Gasteiger partial charge in [-0.1, -0.05) is 0 Å². The SMILES string of the molecule is COc1ncc(C2(OC(=O)COc3ccc([N+](=O)[O-])cc3)CC2)cc1C(F)(F)F. The van der Waals surface area contributed by atoms with Crippen LogP contribution in [0.4, 0.5) is 18.9 Å². The quantitative estimate of drug-likeness (QED) is 0.389. The van der Waals surface area contributed by atoms with Crippen LogP contribution in [0.15, 0.2) is 36.5 Å². The molecule has 1 aromatic carbocycles. The molecule has 0 atom stereocenters. The fourth-order valence-electron chi connectivity index (χ4n) is 2.68. The van der Waals surface area contributed by atoms with E-state index in [9.17, 15) is 28.1 Å². The highest BCUT2D eigenvalue weighted by Crippen LogP contribution is 2.50. The summed E-state index contributed by atoms with van der Waals surface area (Å²) in [5.41, 5.74) is -2.25. The van der Waals surface area contributed by atoms with Crippen molar-refractivity contribution in [2.75, 3.05) is 13.7 Å². The van der Waals surface area contributed by atoms with E-state index < -0.39 is 40.7 Å².